The summed E-state index contributed by atoms with van der Waals surface area (Å²) >= 11 is 0. The van der Waals surface area contributed by atoms with Crippen molar-refractivity contribution in [1.82, 2.24) is 4.31 Å². The predicted octanol–water partition coefficient (Wildman–Crippen LogP) is 2.87. The minimum atomic E-state index is -4.08. The molecule has 0 aromatic heterocycles. The first-order chi connectivity index (χ1) is 12.9. The number of benzene rings is 1. The zero-order chi connectivity index (χ0) is 19.1. The Labute approximate surface area is 158 Å². The van der Waals surface area contributed by atoms with Crippen LogP contribution in [0.3, 0.4) is 0 Å². The van der Waals surface area contributed by atoms with Gasteiger partial charge in [0.15, 0.2) is 0 Å². The average molecular weight is 399 g/mol. The molecule has 8 heteroatoms. The summed E-state index contributed by atoms with van der Waals surface area (Å²) in [5.41, 5.74) is 0.780. The number of piperidine rings is 1. The normalized spacial score (nSPS) is 29.9. The maximum absolute atomic E-state index is 14.3. The van der Waals surface area contributed by atoms with Gasteiger partial charge in [0, 0.05) is 30.7 Å². The van der Waals surface area contributed by atoms with Crippen LogP contribution in [0.5, 0.6) is 0 Å². The first-order valence-electron chi connectivity index (χ1n) is 9.27. The fourth-order valence-corrected chi connectivity index (χ4v) is 6.54. The summed E-state index contributed by atoms with van der Waals surface area (Å²) in [6, 6.07) is 2.33. The Hall–Kier alpha value is -1.35. The molecule has 0 N–H and O–H groups in total. The van der Waals surface area contributed by atoms with Gasteiger partial charge in [-0.15, -0.1) is 0 Å². The van der Waals surface area contributed by atoms with Crippen LogP contribution in [-0.2, 0) is 19.5 Å². The van der Waals surface area contributed by atoms with Crippen LogP contribution in [0.4, 0.5) is 8.78 Å². The van der Waals surface area contributed by atoms with E-state index in [1.165, 1.54) is 9.88 Å². The highest BCUT2D eigenvalue weighted by atomic mass is 32.2. The molecule has 3 aliphatic rings. The van der Waals surface area contributed by atoms with Gasteiger partial charge in [-0.2, -0.15) is 4.31 Å². The van der Waals surface area contributed by atoms with Crippen molar-refractivity contribution < 1.29 is 26.7 Å². The molecule has 4 rings (SSSR count). The van der Waals surface area contributed by atoms with Gasteiger partial charge < -0.3 is 9.47 Å². The van der Waals surface area contributed by atoms with Gasteiger partial charge in [-0.05, 0) is 37.8 Å². The maximum Gasteiger partial charge on any atom is 0.246 e. The maximum atomic E-state index is 14.3. The van der Waals surface area contributed by atoms with Crippen molar-refractivity contribution in [3.63, 3.8) is 0 Å². The Kier molecular flexibility index (Phi) is 5.09. The van der Waals surface area contributed by atoms with E-state index in [1.54, 1.807) is 0 Å². The zero-order valence-electron chi connectivity index (χ0n) is 15.0. The quantitative estimate of drug-likeness (QED) is 0.734. The molecule has 0 amide bonds. The Balaban J connectivity index is 1.75. The lowest BCUT2D eigenvalue weighted by Crippen LogP contribution is -2.59. The molecule has 3 heterocycles. The topological polar surface area (TPSA) is 55.8 Å². The number of hydrogen-bond acceptors (Lipinski definition) is 4. The smallest absolute Gasteiger partial charge is 0.246 e. The predicted molar refractivity (Wildman–Crippen MR) is 94.7 cm³/mol. The molecule has 27 heavy (non-hydrogen) atoms. The third-order valence-electron chi connectivity index (χ3n) is 5.97. The second kappa shape index (κ2) is 7.24. The molecule has 148 valence electrons. The molecular weight excluding hydrogens is 376 g/mol. The average Bonchev–Trinajstić information content (AvgIpc) is 2.67. The summed E-state index contributed by atoms with van der Waals surface area (Å²) in [6.45, 7) is 2.38. The summed E-state index contributed by atoms with van der Waals surface area (Å²) in [5.74, 6) is -1.85. The first kappa shape index (κ1) is 19.0. The van der Waals surface area contributed by atoms with Crippen LogP contribution < -0.4 is 0 Å². The van der Waals surface area contributed by atoms with Gasteiger partial charge in [-0.1, -0.05) is 11.6 Å². The second-order valence-corrected chi connectivity index (χ2v) is 9.22. The van der Waals surface area contributed by atoms with Gasteiger partial charge in [0.1, 0.15) is 16.5 Å². The number of rotatable bonds is 3. The molecule has 0 unspecified atom stereocenters. The lowest BCUT2D eigenvalue weighted by Gasteiger charge is -2.53. The van der Waals surface area contributed by atoms with Crippen molar-refractivity contribution in [2.24, 2.45) is 5.41 Å². The van der Waals surface area contributed by atoms with Crippen molar-refractivity contribution in [3.8, 4) is 0 Å². The molecule has 1 aromatic carbocycles. The second-order valence-electron chi connectivity index (χ2n) is 7.36. The fourth-order valence-electron chi connectivity index (χ4n) is 4.73. The number of ether oxygens (including phenoxy) is 2. The molecular formula is C19H23F2NO4S. The van der Waals surface area contributed by atoms with Gasteiger partial charge in [-0.3, -0.25) is 0 Å². The van der Waals surface area contributed by atoms with Crippen LogP contribution >= 0.6 is 0 Å². The summed E-state index contributed by atoms with van der Waals surface area (Å²) < 4.78 is 66.7. The van der Waals surface area contributed by atoms with E-state index in [0.29, 0.717) is 51.9 Å². The summed E-state index contributed by atoms with van der Waals surface area (Å²) in [6.07, 6.45) is 4.85. The molecule has 1 aromatic rings. The van der Waals surface area contributed by atoms with Crippen LogP contribution in [0.25, 0.3) is 0 Å². The number of halogens is 2. The first-order valence-corrected chi connectivity index (χ1v) is 10.7. The molecule has 2 atom stereocenters. The van der Waals surface area contributed by atoms with Crippen molar-refractivity contribution in [2.45, 2.75) is 36.6 Å². The molecule has 2 fully saturated rings. The Morgan fingerprint density at radius 3 is 2.78 bits per heavy atom. The van der Waals surface area contributed by atoms with Crippen molar-refractivity contribution in [2.75, 3.05) is 33.0 Å². The third-order valence-corrected chi connectivity index (χ3v) is 7.91. The number of nitrogens with zero attached hydrogens (tertiary/aromatic N) is 1. The van der Waals surface area contributed by atoms with Gasteiger partial charge in [-0.25, -0.2) is 17.2 Å². The van der Waals surface area contributed by atoms with Crippen LogP contribution in [-0.4, -0.2) is 51.7 Å². The fraction of sp³-hybridized carbons (Fsp3) is 0.579. The highest BCUT2D eigenvalue weighted by molar-refractivity contribution is 7.89. The summed E-state index contributed by atoms with van der Waals surface area (Å²) in [4.78, 5) is -0.466. The lowest BCUT2D eigenvalue weighted by molar-refractivity contribution is -0.0605. The minimum Gasteiger partial charge on any atom is -0.380 e. The molecule has 0 spiro atoms. The van der Waals surface area contributed by atoms with Crippen LogP contribution in [0, 0.1) is 17.0 Å². The third kappa shape index (κ3) is 3.22. The number of sulfonamides is 1. The Bertz CT molecular complexity index is 853. The largest absolute Gasteiger partial charge is 0.380 e. The van der Waals surface area contributed by atoms with E-state index >= 15 is 0 Å². The molecule has 0 radical (unpaired) electrons. The standard InChI is InChI=1S/C19H23F2NO4S/c20-15-2-3-17(16(21)12-15)27(23,24)22-8-1-7-19(13-26-11-6-18(19)22)14-4-9-25-10-5-14/h2-4,12,18H,1,5-11,13H2/t18-,19-/m0/s1. The Morgan fingerprint density at radius 2 is 2.04 bits per heavy atom. The highest BCUT2D eigenvalue weighted by Gasteiger charge is 2.52. The molecule has 3 aliphatic heterocycles. The molecule has 2 saturated heterocycles. The number of hydrogen-bond donors (Lipinski definition) is 0. The van der Waals surface area contributed by atoms with E-state index in [4.69, 9.17) is 9.47 Å². The zero-order valence-corrected chi connectivity index (χ0v) is 15.8. The van der Waals surface area contributed by atoms with E-state index in [-0.39, 0.29) is 6.04 Å². The Morgan fingerprint density at radius 1 is 1.19 bits per heavy atom. The summed E-state index contributed by atoms with van der Waals surface area (Å²) in [7, 11) is -4.08. The van der Waals surface area contributed by atoms with Crippen molar-refractivity contribution in [3.05, 3.63) is 41.5 Å². The monoisotopic (exact) mass is 399 g/mol. The van der Waals surface area contributed by atoms with E-state index < -0.39 is 32.0 Å². The van der Waals surface area contributed by atoms with Gasteiger partial charge in [0.05, 0.1) is 19.8 Å². The molecule has 0 saturated carbocycles. The van der Waals surface area contributed by atoms with Crippen molar-refractivity contribution in [1.29, 1.82) is 0 Å². The van der Waals surface area contributed by atoms with Gasteiger partial charge in [0.2, 0.25) is 10.0 Å². The van der Waals surface area contributed by atoms with E-state index in [0.717, 1.165) is 25.0 Å². The van der Waals surface area contributed by atoms with Gasteiger partial charge >= 0.3 is 0 Å². The molecule has 0 bridgehead atoms. The highest BCUT2D eigenvalue weighted by Crippen LogP contribution is 2.49. The SMILES string of the molecule is O=S(=O)(c1ccc(F)cc1F)N1CCC[C@@]2(C3=CCOCC3)COCC[C@H]12. The number of fused-ring (bicyclic) bond motifs is 1. The summed E-state index contributed by atoms with van der Waals surface area (Å²) in [5, 5.41) is 0. The van der Waals surface area contributed by atoms with Crippen LogP contribution in [0.1, 0.15) is 25.7 Å². The lowest BCUT2D eigenvalue weighted by atomic mass is 9.66. The van der Waals surface area contributed by atoms with Gasteiger partial charge in [0.25, 0.3) is 0 Å². The van der Waals surface area contributed by atoms with E-state index in [9.17, 15) is 17.2 Å². The van der Waals surface area contributed by atoms with Crippen LogP contribution in [0.2, 0.25) is 0 Å². The molecule has 5 nitrogen and oxygen atoms in total. The molecule has 0 aliphatic carbocycles. The van der Waals surface area contributed by atoms with E-state index in [1.807, 2.05) is 6.08 Å². The van der Waals surface area contributed by atoms with E-state index in [2.05, 4.69) is 0 Å². The minimum absolute atomic E-state index is 0.293. The van der Waals surface area contributed by atoms with Crippen molar-refractivity contribution >= 4 is 10.0 Å². The van der Waals surface area contributed by atoms with Crippen LogP contribution in [0.15, 0.2) is 34.7 Å².